The largest absolute Gasteiger partial charge is 0.493 e. The molecule has 0 radical (unpaired) electrons. The highest BCUT2D eigenvalue weighted by atomic mass is 79.9. The van der Waals surface area contributed by atoms with Crippen molar-refractivity contribution in [3.05, 3.63) is 27.7 Å². The zero-order valence-electron chi connectivity index (χ0n) is 8.86. The molecule has 1 nitrogen and oxygen atoms in total. The predicted octanol–water partition coefficient (Wildman–Crippen LogP) is 3.82. The molecule has 1 aromatic rings. The van der Waals surface area contributed by atoms with Crippen molar-refractivity contribution in [3.8, 4) is 5.75 Å². The van der Waals surface area contributed by atoms with Gasteiger partial charge in [0.1, 0.15) is 5.75 Å². The maximum Gasteiger partial charge on any atom is 0.123 e. The summed E-state index contributed by atoms with van der Waals surface area (Å²) in [4.78, 5) is 0. The lowest BCUT2D eigenvalue weighted by atomic mass is 9.79. The summed E-state index contributed by atoms with van der Waals surface area (Å²) in [5, 5.41) is 0. The third-order valence-electron chi connectivity index (χ3n) is 2.97. The molecule has 1 heterocycles. The van der Waals surface area contributed by atoms with Crippen LogP contribution in [0.4, 0.5) is 0 Å². The molecule has 14 heavy (non-hydrogen) atoms. The van der Waals surface area contributed by atoms with Gasteiger partial charge in [-0.1, -0.05) is 29.8 Å². The van der Waals surface area contributed by atoms with Crippen LogP contribution in [0.15, 0.2) is 16.6 Å². The van der Waals surface area contributed by atoms with E-state index in [9.17, 15) is 0 Å². The first-order valence-corrected chi connectivity index (χ1v) is 5.73. The van der Waals surface area contributed by atoms with Crippen molar-refractivity contribution < 1.29 is 4.74 Å². The molecule has 76 valence electrons. The van der Waals surface area contributed by atoms with Crippen LogP contribution in [-0.4, -0.2) is 6.61 Å². The predicted molar refractivity (Wildman–Crippen MR) is 62.0 cm³/mol. The van der Waals surface area contributed by atoms with Gasteiger partial charge in [-0.25, -0.2) is 0 Å². The minimum Gasteiger partial charge on any atom is -0.493 e. The van der Waals surface area contributed by atoms with Crippen molar-refractivity contribution in [1.29, 1.82) is 0 Å². The third-order valence-corrected chi connectivity index (χ3v) is 3.83. The molecule has 0 aliphatic carbocycles. The molecule has 0 saturated heterocycles. The molecule has 1 aromatic carbocycles. The average molecular weight is 255 g/mol. The van der Waals surface area contributed by atoms with Crippen LogP contribution < -0.4 is 4.74 Å². The Morgan fingerprint density at radius 2 is 2.07 bits per heavy atom. The van der Waals surface area contributed by atoms with Gasteiger partial charge < -0.3 is 4.74 Å². The van der Waals surface area contributed by atoms with Crippen LogP contribution in [0, 0.1) is 6.92 Å². The summed E-state index contributed by atoms with van der Waals surface area (Å²) >= 11 is 3.57. The fraction of sp³-hybridized carbons (Fsp3) is 0.500. The second kappa shape index (κ2) is 3.27. The minimum absolute atomic E-state index is 0.240. The highest BCUT2D eigenvalue weighted by Gasteiger charge is 2.29. The van der Waals surface area contributed by atoms with E-state index in [2.05, 4.69) is 48.8 Å². The summed E-state index contributed by atoms with van der Waals surface area (Å²) in [5.41, 5.74) is 2.80. The van der Waals surface area contributed by atoms with Crippen molar-refractivity contribution >= 4 is 15.9 Å². The van der Waals surface area contributed by atoms with Crippen molar-refractivity contribution in [2.75, 3.05) is 6.61 Å². The van der Waals surface area contributed by atoms with Gasteiger partial charge in [0.15, 0.2) is 0 Å². The molecule has 0 saturated carbocycles. The van der Waals surface area contributed by atoms with Crippen LogP contribution in [0.3, 0.4) is 0 Å². The molecule has 0 aromatic heterocycles. The Morgan fingerprint density at radius 3 is 2.79 bits per heavy atom. The lowest BCUT2D eigenvalue weighted by molar-refractivity contribution is 0.234. The molecule has 0 amide bonds. The monoisotopic (exact) mass is 254 g/mol. The highest BCUT2D eigenvalue weighted by Crippen LogP contribution is 2.40. The maximum atomic E-state index is 5.67. The summed E-state index contributed by atoms with van der Waals surface area (Å²) in [6.45, 7) is 7.47. The van der Waals surface area contributed by atoms with Crippen LogP contribution >= 0.6 is 15.9 Å². The van der Waals surface area contributed by atoms with Crippen molar-refractivity contribution in [2.45, 2.75) is 32.6 Å². The van der Waals surface area contributed by atoms with Gasteiger partial charge in [0.2, 0.25) is 0 Å². The quantitative estimate of drug-likeness (QED) is 0.684. The number of benzene rings is 1. The molecule has 1 aliphatic rings. The lowest BCUT2D eigenvalue weighted by Gasteiger charge is -2.32. The lowest BCUT2D eigenvalue weighted by Crippen LogP contribution is -2.26. The highest BCUT2D eigenvalue weighted by molar-refractivity contribution is 9.10. The maximum absolute atomic E-state index is 5.67. The van der Waals surface area contributed by atoms with E-state index in [1.807, 2.05) is 0 Å². The average Bonchev–Trinajstić information content (AvgIpc) is 2.08. The zero-order valence-corrected chi connectivity index (χ0v) is 10.4. The van der Waals surface area contributed by atoms with E-state index in [4.69, 9.17) is 4.74 Å². The molecule has 0 unspecified atom stereocenters. The molecule has 1 aliphatic heterocycles. The van der Waals surface area contributed by atoms with E-state index >= 15 is 0 Å². The smallest absolute Gasteiger partial charge is 0.123 e. The summed E-state index contributed by atoms with van der Waals surface area (Å²) in [7, 11) is 0. The van der Waals surface area contributed by atoms with Crippen molar-refractivity contribution in [2.24, 2.45) is 0 Å². The molecule has 2 rings (SSSR count). The molecule has 0 atom stereocenters. The van der Waals surface area contributed by atoms with Crippen molar-refractivity contribution in [1.82, 2.24) is 0 Å². The molecule has 0 N–H and O–H groups in total. The van der Waals surface area contributed by atoms with Gasteiger partial charge in [0.05, 0.1) is 6.61 Å². The Morgan fingerprint density at radius 1 is 1.36 bits per heavy atom. The third kappa shape index (κ3) is 1.56. The Hall–Kier alpha value is -0.500. The van der Waals surface area contributed by atoms with Crippen molar-refractivity contribution in [3.63, 3.8) is 0 Å². The summed E-state index contributed by atoms with van der Waals surface area (Å²) < 4.78 is 6.85. The van der Waals surface area contributed by atoms with Crippen LogP contribution in [0.25, 0.3) is 0 Å². The summed E-state index contributed by atoms with van der Waals surface area (Å²) in [6.07, 6.45) is 1.09. The van der Waals surface area contributed by atoms with Crippen LogP contribution in [0.5, 0.6) is 5.75 Å². The first-order chi connectivity index (χ1) is 6.50. The molecular weight excluding hydrogens is 240 g/mol. The SMILES string of the molecule is Cc1cc2c(cc1Br)C(C)(C)CCO2. The number of ether oxygens (including phenoxy) is 1. The Kier molecular flexibility index (Phi) is 2.34. The van der Waals surface area contributed by atoms with Crippen LogP contribution in [-0.2, 0) is 5.41 Å². The normalized spacial score (nSPS) is 18.6. The van der Waals surface area contributed by atoms with Gasteiger partial charge >= 0.3 is 0 Å². The van der Waals surface area contributed by atoms with E-state index in [1.165, 1.54) is 15.6 Å². The molecule has 0 spiro atoms. The van der Waals surface area contributed by atoms with Gasteiger partial charge in [0, 0.05) is 10.0 Å². The second-order valence-electron chi connectivity index (χ2n) is 4.58. The number of rotatable bonds is 0. The Bertz CT molecular complexity index is 369. The molecular formula is C12H15BrO. The van der Waals surface area contributed by atoms with E-state index in [0.29, 0.717) is 0 Å². The van der Waals surface area contributed by atoms with Gasteiger partial charge in [-0.15, -0.1) is 0 Å². The fourth-order valence-corrected chi connectivity index (χ4v) is 2.20. The van der Waals surface area contributed by atoms with Crippen LogP contribution in [0.1, 0.15) is 31.4 Å². The summed E-state index contributed by atoms with van der Waals surface area (Å²) in [6, 6.07) is 4.32. The number of hydrogen-bond acceptors (Lipinski definition) is 1. The second-order valence-corrected chi connectivity index (χ2v) is 5.43. The standard InChI is InChI=1S/C12H15BrO/c1-8-6-11-9(7-10(8)13)12(2,3)4-5-14-11/h6-7H,4-5H2,1-3H3. The molecule has 2 heteroatoms. The van der Waals surface area contributed by atoms with Gasteiger partial charge in [-0.3, -0.25) is 0 Å². The van der Waals surface area contributed by atoms with E-state index in [-0.39, 0.29) is 5.41 Å². The minimum atomic E-state index is 0.240. The Labute approximate surface area is 93.6 Å². The molecule has 0 bridgehead atoms. The summed E-state index contributed by atoms with van der Waals surface area (Å²) in [5.74, 6) is 1.06. The number of hydrogen-bond donors (Lipinski definition) is 0. The van der Waals surface area contributed by atoms with Gasteiger partial charge in [0.25, 0.3) is 0 Å². The van der Waals surface area contributed by atoms with Gasteiger partial charge in [-0.05, 0) is 36.5 Å². The van der Waals surface area contributed by atoms with E-state index in [1.54, 1.807) is 0 Å². The topological polar surface area (TPSA) is 9.23 Å². The fourth-order valence-electron chi connectivity index (χ4n) is 1.85. The van der Waals surface area contributed by atoms with E-state index < -0.39 is 0 Å². The van der Waals surface area contributed by atoms with Gasteiger partial charge in [-0.2, -0.15) is 0 Å². The zero-order chi connectivity index (χ0) is 10.3. The Balaban J connectivity index is 2.59. The first kappa shape index (κ1) is 10.0. The first-order valence-electron chi connectivity index (χ1n) is 4.94. The van der Waals surface area contributed by atoms with Crippen LogP contribution in [0.2, 0.25) is 0 Å². The number of aryl methyl sites for hydroxylation is 1. The number of halogens is 1. The number of fused-ring (bicyclic) bond motifs is 1. The molecule has 0 fully saturated rings. The van der Waals surface area contributed by atoms with E-state index in [0.717, 1.165) is 18.8 Å².